The smallest absolute Gasteiger partial charge is 0.177 e. The number of sulfone groups is 1. The molecule has 3 nitrogen and oxygen atoms in total. The lowest BCUT2D eigenvalue weighted by atomic mass is 10.2. The summed E-state index contributed by atoms with van der Waals surface area (Å²) >= 11 is 5.77. The van der Waals surface area contributed by atoms with Crippen molar-refractivity contribution in [3.63, 3.8) is 0 Å². The number of hydrogen-bond donors (Lipinski definition) is 1. The van der Waals surface area contributed by atoms with Crippen LogP contribution in [0.2, 0.25) is 5.02 Å². The van der Waals surface area contributed by atoms with Crippen molar-refractivity contribution in [1.82, 2.24) is 0 Å². The minimum Gasteiger partial charge on any atom is -0.398 e. The van der Waals surface area contributed by atoms with E-state index in [1.807, 2.05) is 0 Å². The maximum atomic E-state index is 11.2. The number of aryl methyl sites for hydroxylation is 1. The first-order valence-electron chi connectivity index (χ1n) is 3.58. The highest BCUT2D eigenvalue weighted by Crippen LogP contribution is 2.25. The number of rotatable bonds is 1. The van der Waals surface area contributed by atoms with Gasteiger partial charge in [-0.05, 0) is 24.6 Å². The van der Waals surface area contributed by atoms with E-state index in [9.17, 15) is 8.42 Å². The maximum Gasteiger partial charge on any atom is 0.177 e. The summed E-state index contributed by atoms with van der Waals surface area (Å²) in [5, 5.41) is 0.412. The Morgan fingerprint density at radius 2 is 1.92 bits per heavy atom. The van der Waals surface area contributed by atoms with Gasteiger partial charge in [0.2, 0.25) is 0 Å². The molecule has 0 heterocycles. The van der Waals surface area contributed by atoms with Gasteiger partial charge in [0.15, 0.2) is 9.84 Å². The number of halogens is 1. The highest BCUT2D eigenvalue weighted by molar-refractivity contribution is 7.90. The van der Waals surface area contributed by atoms with Crippen LogP contribution in [0.25, 0.3) is 0 Å². The van der Waals surface area contributed by atoms with E-state index in [4.69, 9.17) is 17.3 Å². The summed E-state index contributed by atoms with van der Waals surface area (Å²) < 4.78 is 22.4. The van der Waals surface area contributed by atoms with Crippen LogP contribution in [-0.2, 0) is 9.84 Å². The summed E-state index contributed by atoms with van der Waals surface area (Å²) in [6.07, 6.45) is 1.10. The predicted molar refractivity (Wildman–Crippen MR) is 53.7 cm³/mol. The molecule has 0 aliphatic carbocycles. The molecular weight excluding hydrogens is 210 g/mol. The maximum absolute atomic E-state index is 11.2. The van der Waals surface area contributed by atoms with Crippen molar-refractivity contribution < 1.29 is 8.42 Å². The van der Waals surface area contributed by atoms with E-state index in [1.165, 1.54) is 6.07 Å². The lowest BCUT2D eigenvalue weighted by molar-refractivity contribution is 0.602. The summed E-state index contributed by atoms with van der Waals surface area (Å²) in [6, 6.07) is 2.93. The fourth-order valence-corrected chi connectivity index (χ4v) is 2.05. The van der Waals surface area contributed by atoms with Crippen LogP contribution in [0.1, 0.15) is 5.56 Å². The van der Waals surface area contributed by atoms with E-state index in [0.29, 0.717) is 5.02 Å². The van der Waals surface area contributed by atoms with Crippen molar-refractivity contribution in [3.8, 4) is 0 Å². The fraction of sp³-hybridized carbons (Fsp3) is 0.250. The SMILES string of the molecule is Cc1cc(N)c(S(C)(=O)=O)cc1Cl. The number of nitrogen functional groups attached to an aromatic ring is 1. The Balaban J connectivity index is 3.50. The van der Waals surface area contributed by atoms with Gasteiger partial charge in [-0.15, -0.1) is 0 Å². The molecule has 0 spiro atoms. The van der Waals surface area contributed by atoms with Crippen molar-refractivity contribution in [3.05, 3.63) is 22.7 Å². The molecule has 0 saturated carbocycles. The zero-order valence-corrected chi connectivity index (χ0v) is 8.91. The van der Waals surface area contributed by atoms with E-state index in [1.54, 1.807) is 13.0 Å². The van der Waals surface area contributed by atoms with Crippen LogP contribution in [0.4, 0.5) is 5.69 Å². The Kier molecular flexibility index (Phi) is 2.54. The Morgan fingerprint density at radius 3 is 2.38 bits per heavy atom. The highest BCUT2D eigenvalue weighted by atomic mass is 35.5. The molecule has 72 valence electrons. The molecule has 2 N–H and O–H groups in total. The monoisotopic (exact) mass is 219 g/mol. The topological polar surface area (TPSA) is 60.2 Å². The quantitative estimate of drug-likeness (QED) is 0.731. The third-order valence-corrected chi connectivity index (χ3v) is 3.25. The minimum absolute atomic E-state index is 0.0862. The van der Waals surface area contributed by atoms with Crippen LogP contribution in [0.3, 0.4) is 0 Å². The van der Waals surface area contributed by atoms with Crippen molar-refractivity contribution in [2.45, 2.75) is 11.8 Å². The van der Waals surface area contributed by atoms with Gasteiger partial charge >= 0.3 is 0 Å². The lowest BCUT2D eigenvalue weighted by Gasteiger charge is -2.05. The van der Waals surface area contributed by atoms with Crippen LogP contribution in [0.15, 0.2) is 17.0 Å². The number of hydrogen-bond acceptors (Lipinski definition) is 3. The van der Waals surface area contributed by atoms with Gasteiger partial charge in [-0.3, -0.25) is 0 Å². The number of nitrogens with two attached hydrogens (primary N) is 1. The first-order chi connectivity index (χ1) is 5.82. The van der Waals surface area contributed by atoms with Crippen LogP contribution in [0, 0.1) is 6.92 Å². The molecule has 0 radical (unpaired) electrons. The summed E-state index contributed by atoms with van der Waals surface area (Å²) in [6.45, 7) is 1.77. The normalized spacial score (nSPS) is 11.6. The van der Waals surface area contributed by atoms with Crippen molar-refractivity contribution in [2.75, 3.05) is 12.0 Å². The Morgan fingerprint density at radius 1 is 1.38 bits per heavy atom. The van der Waals surface area contributed by atoms with E-state index >= 15 is 0 Å². The summed E-state index contributed by atoms with van der Waals surface area (Å²) in [4.78, 5) is 0.0862. The number of anilines is 1. The largest absolute Gasteiger partial charge is 0.398 e. The average molecular weight is 220 g/mol. The third kappa shape index (κ3) is 2.14. The molecule has 1 aromatic carbocycles. The van der Waals surface area contributed by atoms with Gasteiger partial charge in [-0.2, -0.15) is 0 Å². The molecule has 1 aromatic rings. The molecule has 0 saturated heterocycles. The number of benzene rings is 1. The van der Waals surface area contributed by atoms with E-state index < -0.39 is 9.84 Å². The Hall–Kier alpha value is -0.740. The van der Waals surface area contributed by atoms with Crippen LogP contribution in [-0.4, -0.2) is 14.7 Å². The van der Waals surface area contributed by atoms with Crippen LogP contribution in [0.5, 0.6) is 0 Å². The van der Waals surface area contributed by atoms with Crippen molar-refractivity contribution >= 4 is 27.1 Å². The third-order valence-electron chi connectivity index (χ3n) is 1.69. The molecule has 0 unspecified atom stereocenters. The van der Waals surface area contributed by atoms with Gasteiger partial charge in [0.05, 0.1) is 10.6 Å². The van der Waals surface area contributed by atoms with E-state index in [-0.39, 0.29) is 10.6 Å². The lowest BCUT2D eigenvalue weighted by Crippen LogP contribution is -2.02. The predicted octanol–water partition coefficient (Wildman–Crippen LogP) is 1.63. The molecule has 1 rings (SSSR count). The minimum atomic E-state index is -3.28. The second kappa shape index (κ2) is 3.20. The molecular formula is C8H10ClNO2S. The Bertz CT molecular complexity index is 440. The second-order valence-corrected chi connectivity index (χ2v) is 5.30. The molecule has 13 heavy (non-hydrogen) atoms. The van der Waals surface area contributed by atoms with E-state index in [2.05, 4.69) is 0 Å². The molecule has 0 atom stereocenters. The summed E-state index contributed by atoms with van der Waals surface area (Å²) in [5.41, 5.74) is 6.55. The molecule has 0 bridgehead atoms. The molecule has 0 fully saturated rings. The summed E-state index contributed by atoms with van der Waals surface area (Å²) in [5.74, 6) is 0. The fourth-order valence-electron chi connectivity index (χ4n) is 1.01. The zero-order valence-electron chi connectivity index (χ0n) is 7.33. The van der Waals surface area contributed by atoms with Gasteiger partial charge in [0, 0.05) is 11.3 Å². The standard InChI is InChI=1S/C8H10ClNO2S/c1-5-3-7(10)8(4-6(5)9)13(2,11)12/h3-4H,10H2,1-2H3. The average Bonchev–Trinajstić information content (AvgIpc) is 1.94. The second-order valence-electron chi connectivity index (χ2n) is 2.91. The Labute approximate surface area is 82.4 Å². The first kappa shape index (κ1) is 10.3. The van der Waals surface area contributed by atoms with Crippen molar-refractivity contribution in [2.24, 2.45) is 0 Å². The molecule has 0 aliphatic heterocycles. The first-order valence-corrected chi connectivity index (χ1v) is 5.85. The molecule has 0 amide bonds. The van der Waals surface area contributed by atoms with Gasteiger partial charge in [-0.1, -0.05) is 11.6 Å². The van der Waals surface area contributed by atoms with Crippen LogP contribution >= 0.6 is 11.6 Å². The molecule has 0 aliphatic rings. The zero-order chi connectivity index (χ0) is 10.2. The van der Waals surface area contributed by atoms with Gasteiger partial charge in [-0.25, -0.2) is 8.42 Å². The van der Waals surface area contributed by atoms with Gasteiger partial charge in [0.25, 0.3) is 0 Å². The van der Waals surface area contributed by atoms with Gasteiger partial charge in [0.1, 0.15) is 0 Å². The molecule has 0 aromatic heterocycles. The van der Waals surface area contributed by atoms with Crippen molar-refractivity contribution in [1.29, 1.82) is 0 Å². The summed E-state index contributed by atoms with van der Waals surface area (Å²) in [7, 11) is -3.28. The van der Waals surface area contributed by atoms with E-state index in [0.717, 1.165) is 11.8 Å². The highest BCUT2D eigenvalue weighted by Gasteiger charge is 2.13. The molecule has 5 heteroatoms. The van der Waals surface area contributed by atoms with Gasteiger partial charge < -0.3 is 5.73 Å². The van der Waals surface area contributed by atoms with Crippen LogP contribution < -0.4 is 5.73 Å².